The Hall–Kier alpha value is -1.30. The number of urea groups is 1. The third-order valence-corrected chi connectivity index (χ3v) is 4.75. The molecule has 0 aromatic carbocycles. The van der Waals surface area contributed by atoms with E-state index in [1.54, 1.807) is 0 Å². The fraction of sp³-hybridized carbons (Fsp3) is 0.867. The third-order valence-electron chi connectivity index (χ3n) is 4.75. The summed E-state index contributed by atoms with van der Waals surface area (Å²) >= 11 is 0. The number of carboxylic acid groups (broad SMARTS) is 1. The van der Waals surface area contributed by atoms with E-state index in [1.165, 1.54) is 0 Å². The Morgan fingerprint density at radius 2 is 1.76 bits per heavy atom. The van der Waals surface area contributed by atoms with Gasteiger partial charge in [-0.25, -0.2) is 4.79 Å². The maximum absolute atomic E-state index is 12.6. The molecule has 6 nitrogen and oxygen atoms in total. The minimum atomic E-state index is -0.732. The maximum atomic E-state index is 12.6. The molecular weight excluding hydrogens is 270 g/mol. The largest absolute Gasteiger partial charge is 0.481 e. The van der Waals surface area contributed by atoms with E-state index in [0.29, 0.717) is 19.1 Å². The molecule has 0 radical (unpaired) electrons. The molecular formula is C15H27N3O3. The lowest BCUT2D eigenvalue weighted by Crippen LogP contribution is -2.53. The molecule has 2 aliphatic heterocycles. The number of rotatable bonds is 3. The van der Waals surface area contributed by atoms with Gasteiger partial charge in [0, 0.05) is 38.6 Å². The molecule has 2 rings (SSSR count). The van der Waals surface area contributed by atoms with Crippen LogP contribution in [0.25, 0.3) is 0 Å². The van der Waals surface area contributed by atoms with Crippen molar-refractivity contribution in [1.29, 1.82) is 0 Å². The molecule has 21 heavy (non-hydrogen) atoms. The zero-order valence-electron chi connectivity index (χ0n) is 13.1. The lowest BCUT2D eigenvalue weighted by atomic mass is 9.94. The van der Waals surface area contributed by atoms with Crippen molar-refractivity contribution in [2.24, 2.45) is 5.92 Å². The summed E-state index contributed by atoms with van der Waals surface area (Å²) < 4.78 is 0. The number of piperidine rings is 2. The molecule has 0 bridgehead atoms. The van der Waals surface area contributed by atoms with Gasteiger partial charge in [0.1, 0.15) is 0 Å². The minimum absolute atomic E-state index is 0.135. The molecule has 2 heterocycles. The first-order valence-corrected chi connectivity index (χ1v) is 7.89. The molecule has 0 aliphatic carbocycles. The molecule has 120 valence electrons. The van der Waals surface area contributed by atoms with Crippen molar-refractivity contribution >= 4 is 12.0 Å². The van der Waals surface area contributed by atoms with Crippen molar-refractivity contribution in [1.82, 2.24) is 14.7 Å². The number of aliphatic carboxylic acids is 1. The molecule has 1 atom stereocenters. The zero-order chi connectivity index (χ0) is 15.4. The van der Waals surface area contributed by atoms with E-state index in [4.69, 9.17) is 5.11 Å². The van der Waals surface area contributed by atoms with Crippen LogP contribution in [0, 0.1) is 5.92 Å². The van der Waals surface area contributed by atoms with Crippen LogP contribution in [0.15, 0.2) is 0 Å². The van der Waals surface area contributed by atoms with Crippen LogP contribution in [-0.2, 0) is 4.79 Å². The Kier molecular flexibility index (Phi) is 5.45. The van der Waals surface area contributed by atoms with Gasteiger partial charge in [-0.3, -0.25) is 4.79 Å². The van der Waals surface area contributed by atoms with Crippen LogP contribution >= 0.6 is 0 Å². The van der Waals surface area contributed by atoms with Gasteiger partial charge in [0.25, 0.3) is 0 Å². The van der Waals surface area contributed by atoms with Crippen molar-refractivity contribution in [2.45, 2.75) is 38.1 Å². The van der Waals surface area contributed by atoms with Gasteiger partial charge in [-0.1, -0.05) is 0 Å². The van der Waals surface area contributed by atoms with Crippen LogP contribution in [0.2, 0.25) is 0 Å². The highest BCUT2D eigenvalue weighted by atomic mass is 16.4. The van der Waals surface area contributed by atoms with E-state index in [1.807, 2.05) is 9.80 Å². The summed E-state index contributed by atoms with van der Waals surface area (Å²) in [5.41, 5.74) is 0. The average molecular weight is 297 g/mol. The molecule has 6 heteroatoms. The summed E-state index contributed by atoms with van der Waals surface area (Å²) in [5, 5.41) is 8.83. The number of carbonyl (C=O) groups excluding carboxylic acids is 1. The Morgan fingerprint density at radius 1 is 1.10 bits per heavy atom. The summed E-state index contributed by atoms with van der Waals surface area (Å²) in [7, 11) is 4.13. The first kappa shape index (κ1) is 16.1. The normalized spacial score (nSPS) is 24.4. The van der Waals surface area contributed by atoms with Crippen LogP contribution in [0.4, 0.5) is 4.79 Å². The molecule has 1 N–H and O–H groups in total. The molecule has 2 aliphatic rings. The van der Waals surface area contributed by atoms with Gasteiger partial charge >= 0.3 is 12.0 Å². The van der Waals surface area contributed by atoms with Crippen LogP contribution in [-0.4, -0.2) is 78.1 Å². The van der Waals surface area contributed by atoms with Crippen molar-refractivity contribution in [2.75, 3.05) is 40.3 Å². The molecule has 2 fully saturated rings. The molecule has 2 saturated heterocycles. The predicted octanol–water partition coefficient (Wildman–Crippen LogP) is 1.32. The SMILES string of the molecule is CN(C)C1CCCN(C(=O)N2CCC(CC(=O)O)CC2)C1. The predicted molar refractivity (Wildman–Crippen MR) is 80.2 cm³/mol. The molecule has 0 aromatic heterocycles. The lowest BCUT2D eigenvalue weighted by Gasteiger charge is -2.40. The van der Waals surface area contributed by atoms with Gasteiger partial charge in [-0.05, 0) is 45.7 Å². The monoisotopic (exact) mass is 297 g/mol. The van der Waals surface area contributed by atoms with E-state index in [2.05, 4.69) is 19.0 Å². The summed E-state index contributed by atoms with van der Waals surface area (Å²) in [5.74, 6) is -0.507. The minimum Gasteiger partial charge on any atom is -0.481 e. The number of likely N-dealkylation sites (N-methyl/N-ethyl adjacent to an activating group) is 1. The number of carbonyl (C=O) groups is 2. The summed E-state index contributed by atoms with van der Waals surface area (Å²) in [6, 6.07) is 0.586. The fourth-order valence-electron chi connectivity index (χ4n) is 3.33. The second-order valence-electron chi connectivity index (χ2n) is 6.52. The van der Waals surface area contributed by atoms with E-state index in [9.17, 15) is 9.59 Å². The topological polar surface area (TPSA) is 64.1 Å². The summed E-state index contributed by atoms with van der Waals surface area (Å²) in [6.45, 7) is 3.04. The van der Waals surface area contributed by atoms with Crippen molar-refractivity contribution in [3.8, 4) is 0 Å². The van der Waals surface area contributed by atoms with E-state index in [0.717, 1.165) is 38.8 Å². The molecule has 0 saturated carbocycles. The Bertz CT molecular complexity index is 378. The third kappa shape index (κ3) is 4.33. The smallest absolute Gasteiger partial charge is 0.320 e. The number of hydrogen-bond acceptors (Lipinski definition) is 3. The van der Waals surface area contributed by atoms with Crippen LogP contribution in [0.3, 0.4) is 0 Å². The van der Waals surface area contributed by atoms with Gasteiger partial charge < -0.3 is 19.8 Å². The number of amides is 2. The number of carboxylic acids is 1. The standard InChI is InChI=1S/C15H27N3O3/c1-16(2)13-4-3-7-18(11-13)15(21)17-8-5-12(6-9-17)10-14(19)20/h12-13H,3-11H2,1-2H3,(H,19,20). The van der Waals surface area contributed by atoms with Gasteiger partial charge in [0.2, 0.25) is 0 Å². The average Bonchev–Trinajstić information content (AvgIpc) is 2.47. The first-order chi connectivity index (χ1) is 9.97. The van der Waals surface area contributed by atoms with Crippen molar-refractivity contribution in [3.63, 3.8) is 0 Å². The van der Waals surface area contributed by atoms with Gasteiger partial charge in [-0.15, -0.1) is 0 Å². The van der Waals surface area contributed by atoms with Crippen molar-refractivity contribution in [3.05, 3.63) is 0 Å². The van der Waals surface area contributed by atoms with Gasteiger partial charge in [0.15, 0.2) is 0 Å². The number of nitrogens with zero attached hydrogens (tertiary/aromatic N) is 3. The molecule has 2 amide bonds. The molecule has 1 unspecified atom stereocenters. The van der Waals surface area contributed by atoms with E-state index < -0.39 is 5.97 Å². The number of likely N-dealkylation sites (tertiary alicyclic amines) is 2. The summed E-state index contributed by atoms with van der Waals surface area (Å²) in [6.07, 6.45) is 4.06. The lowest BCUT2D eigenvalue weighted by molar-refractivity contribution is -0.138. The Morgan fingerprint density at radius 3 is 2.33 bits per heavy atom. The fourth-order valence-corrected chi connectivity index (χ4v) is 3.33. The summed E-state index contributed by atoms with van der Waals surface area (Å²) in [4.78, 5) is 29.4. The highest BCUT2D eigenvalue weighted by Gasteiger charge is 2.30. The van der Waals surface area contributed by atoms with Crippen molar-refractivity contribution < 1.29 is 14.7 Å². The first-order valence-electron chi connectivity index (χ1n) is 7.89. The van der Waals surface area contributed by atoms with Crippen LogP contribution in [0.5, 0.6) is 0 Å². The van der Waals surface area contributed by atoms with Crippen LogP contribution in [0.1, 0.15) is 32.1 Å². The van der Waals surface area contributed by atoms with Gasteiger partial charge in [0.05, 0.1) is 0 Å². The Balaban J connectivity index is 1.82. The number of hydrogen-bond donors (Lipinski definition) is 1. The van der Waals surface area contributed by atoms with E-state index in [-0.39, 0.29) is 18.4 Å². The molecule has 0 spiro atoms. The molecule has 0 aromatic rings. The highest BCUT2D eigenvalue weighted by Crippen LogP contribution is 2.22. The second-order valence-corrected chi connectivity index (χ2v) is 6.52. The van der Waals surface area contributed by atoms with E-state index >= 15 is 0 Å². The quantitative estimate of drug-likeness (QED) is 0.853. The second kappa shape index (κ2) is 7.11. The highest BCUT2D eigenvalue weighted by molar-refractivity contribution is 5.74. The maximum Gasteiger partial charge on any atom is 0.320 e. The zero-order valence-corrected chi connectivity index (χ0v) is 13.1. The Labute approximate surface area is 126 Å². The van der Waals surface area contributed by atoms with Gasteiger partial charge in [-0.2, -0.15) is 0 Å². The van der Waals surface area contributed by atoms with Crippen LogP contribution < -0.4 is 0 Å².